The molecule has 1 saturated heterocycles. The van der Waals surface area contributed by atoms with E-state index in [1.54, 1.807) is 0 Å². The highest BCUT2D eigenvalue weighted by Crippen LogP contribution is 2.22. The summed E-state index contributed by atoms with van der Waals surface area (Å²) in [6, 6.07) is 6.99. The van der Waals surface area contributed by atoms with Gasteiger partial charge < -0.3 is 10.1 Å². The van der Waals surface area contributed by atoms with Crippen LogP contribution in [0.3, 0.4) is 0 Å². The van der Waals surface area contributed by atoms with Crippen molar-refractivity contribution in [1.82, 2.24) is 0 Å². The number of ether oxygens (including phenoxy) is 1. The predicted molar refractivity (Wildman–Crippen MR) is 63.4 cm³/mol. The molecule has 15 heavy (non-hydrogen) atoms. The largest absolute Gasteiger partial charge is 0.379 e. The summed E-state index contributed by atoms with van der Waals surface area (Å²) in [5.74, 6) is 0. The Kier molecular flexibility index (Phi) is 2.96. The van der Waals surface area contributed by atoms with E-state index in [4.69, 9.17) is 4.74 Å². The van der Waals surface area contributed by atoms with Crippen molar-refractivity contribution in [3.05, 3.63) is 29.3 Å². The zero-order valence-corrected chi connectivity index (χ0v) is 9.71. The van der Waals surface area contributed by atoms with E-state index in [1.165, 1.54) is 16.8 Å². The highest BCUT2D eigenvalue weighted by Gasteiger charge is 2.23. The van der Waals surface area contributed by atoms with Crippen LogP contribution in [-0.2, 0) is 4.74 Å². The van der Waals surface area contributed by atoms with E-state index >= 15 is 0 Å². The molecule has 0 radical (unpaired) electrons. The predicted octanol–water partition coefficient (Wildman–Crippen LogP) is 2.89. The molecule has 1 aromatic rings. The number of benzene rings is 1. The summed E-state index contributed by atoms with van der Waals surface area (Å²) in [6.45, 7) is 7.28. The highest BCUT2D eigenvalue weighted by molar-refractivity contribution is 5.52. The van der Waals surface area contributed by atoms with Gasteiger partial charge in [0.2, 0.25) is 0 Å². The van der Waals surface area contributed by atoms with Gasteiger partial charge in [-0.2, -0.15) is 0 Å². The van der Waals surface area contributed by atoms with Gasteiger partial charge in [0.05, 0.1) is 12.1 Å². The fraction of sp³-hybridized carbons (Fsp3) is 0.538. The smallest absolute Gasteiger partial charge is 0.0748 e. The van der Waals surface area contributed by atoms with E-state index in [1.807, 2.05) is 0 Å². The first-order valence-corrected chi connectivity index (χ1v) is 5.62. The Morgan fingerprint density at radius 2 is 2.13 bits per heavy atom. The van der Waals surface area contributed by atoms with Gasteiger partial charge in [0.15, 0.2) is 0 Å². The number of nitrogens with one attached hydrogen (secondary N) is 1. The third kappa shape index (κ3) is 2.32. The molecule has 1 aliphatic heterocycles. The number of aryl methyl sites for hydroxylation is 2. The minimum Gasteiger partial charge on any atom is -0.379 e. The Morgan fingerprint density at radius 1 is 1.33 bits per heavy atom. The van der Waals surface area contributed by atoms with Gasteiger partial charge in [-0.25, -0.2) is 0 Å². The van der Waals surface area contributed by atoms with E-state index in [0.29, 0.717) is 12.1 Å². The maximum atomic E-state index is 5.54. The first kappa shape index (κ1) is 10.5. The maximum absolute atomic E-state index is 5.54. The lowest BCUT2D eigenvalue weighted by atomic mass is 10.1. The van der Waals surface area contributed by atoms with Crippen molar-refractivity contribution in [1.29, 1.82) is 0 Å². The number of rotatable bonds is 2. The van der Waals surface area contributed by atoms with Crippen molar-refractivity contribution in [3.63, 3.8) is 0 Å². The van der Waals surface area contributed by atoms with E-state index < -0.39 is 0 Å². The number of hydrogen-bond donors (Lipinski definition) is 1. The summed E-state index contributed by atoms with van der Waals surface area (Å²) >= 11 is 0. The minimum atomic E-state index is 0.325. The highest BCUT2D eigenvalue weighted by atomic mass is 16.5. The molecule has 1 aromatic carbocycles. The van der Waals surface area contributed by atoms with Crippen molar-refractivity contribution in [3.8, 4) is 0 Å². The topological polar surface area (TPSA) is 21.3 Å². The Bertz CT molecular complexity index is 348. The molecular weight excluding hydrogens is 186 g/mol. The third-order valence-corrected chi connectivity index (χ3v) is 3.10. The summed E-state index contributed by atoms with van der Waals surface area (Å²) in [5.41, 5.74) is 3.87. The normalized spacial score (nSPS) is 25.5. The minimum absolute atomic E-state index is 0.325. The third-order valence-electron chi connectivity index (χ3n) is 3.10. The van der Waals surface area contributed by atoms with E-state index in [2.05, 4.69) is 44.3 Å². The summed E-state index contributed by atoms with van der Waals surface area (Å²) in [6.07, 6.45) is 1.43. The van der Waals surface area contributed by atoms with Gasteiger partial charge in [0.25, 0.3) is 0 Å². The van der Waals surface area contributed by atoms with Gasteiger partial charge in [-0.05, 0) is 38.8 Å². The van der Waals surface area contributed by atoms with Gasteiger partial charge >= 0.3 is 0 Å². The van der Waals surface area contributed by atoms with Crippen molar-refractivity contribution in [2.75, 3.05) is 11.9 Å². The molecule has 82 valence electrons. The average Bonchev–Trinajstić information content (AvgIpc) is 2.57. The Balaban J connectivity index is 2.10. The first-order valence-electron chi connectivity index (χ1n) is 5.62. The molecule has 0 bridgehead atoms. The van der Waals surface area contributed by atoms with Crippen LogP contribution in [0.5, 0.6) is 0 Å². The zero-order chi connectivity index (χ0) is 10.8. The monoisotopic (exact) mass is 205 g/mol. The van der Waals surface area contributed by atoms with Crippen molar-refractivity contribution in [2.45, 2.75) is 39.3 Å². The summed E-state index contributed by atoms with van der Waals surface area (Å²) in [7, 11) is 0. The standard InChI is InChI=1S/C13H19NO/c1-9-4-5-12(10(2)8-9)14-13-6-7-15-11(13)3/h4-5,8,11,13-14H,6-7H2,1-3H3. The Labute approximate surface area is 91.6 Å². The van der Waals surface area contributed by atoms with Crippen LogP contribution in [0.25, 0.3) is 0 Å². The lowest BCUT2D eigenvalue weighted by Crippen LogP contribution is -2.26. The van der Waals surface area contributed by atoms with Crippen LogP contribution in [0.2, 0.25) is 0 Å². The molecule has 0 spiro atoms. The van der Waals surface area contributed by atoms with Crippen LogP contribution in [0, 0.1) is 13.8 Å². The SMILES string of the molecule is Cc1ccc(NC2CCOC2C)c(C)c1. The molecule has 2 atom stereocenters. The summed E-state index contributed by atoms with van der Waals surface area (Å²) < 4.78 is 5.54. The number of hydrogen-bond acceptors (Lipinski definition) is 2. The fourth-order valence-corrected chi connectivity index (χ4v) is 2.10. The molecule has 1 heterocycles. The average molecular weight is 205 g/mol. The molecule has 0 saturated carbocycles. The number of anilines is 1. The second-order valence-electron chi connectivity index (χ2n) is 4.43. The Hall–Kier alpha value is -1.02. The van der Waals surface area contributed by atoms with Crippen molar-refractivity contribution < 1.29 is 4.74 Å². The molecule has 2 nitrogen and oxygen atoms in total. The molecule has 1 aliphatic rings. The quantitative estimate of drug-likeness (QED) is 0.801. The van der Waals surface area contributed by atoms with Crippen molar-refractivity contribution >= 4 is 5.69 Å². The van der Waals surface area contributed by atoms with Gasteiger partial charge in [-0.15, -0.1) is 0 Å². The summed E-state index contributed by atoms with van der Waals surface area (Å²) in [4.78, 5) is 0. The second-order valence-corrected chi connectivity index (χ2v) is 4.43. The maximum Gasteiger partial charge on any atom is 0.0748 e. The molecule has 1 N–H and O–H groups in total. The molecule has 2 heteroatoms. The van der Waals surface area contributed by atoms with Crippen LogP contribution in [0.1, 0.15) is 24.5 Å². The molecule has 0 amide bonds. The van der Waals surface area contributed by atoms with Crippen LogP contribution in [-0.4, -0.2) is 18.8 Å². The lowest BCUT2D eigenvalue weighted by Gasteiger charge is -2.19. The summed E-state index contributed by atoms with van der Waals surface area (Å²) in [5, 5.41) is 3.56. The molecule has 1 fully saturated rings. The molecule has 0 aliphatic carbocycles. The van der Waals surface area contributed by atoms with E-state index in [9.17, 15) is 0 Å². The Morgan fingerprint density at radius 3 is 2.73 bits per heavy atom. The van der Waals surface area contributed by atoms with Crippen molar-refractivity contribution in [2.24, 2.45) is 0 Å². The van der Waals surface area contributed by atoms with Gasteiger partial charge in [0.1, 0.15) is 0 Å². The molecular formula is C13H19NO. The van der Waals surface area contributed by atoms with Crippen LogP contribution in [0.4, 0.5) is 5.69 Å². The fourth-order valence-electron chi connectivity index (χ4n) is 2.10. The van der Waals surface area contributed by atoms with Crippen LogP contribution < -0.4 is 5.32 Å². The lowest BCUT2D eigenvalue weighted by molar-refractivity contribution is 0.121. The zero-order valence-electron chi connectivity index (χ0n) is 9.71. The second kappa shape index (κ2) is 4.23. The van der Waals surface area contributed by atoms with Gasteiger partial charge in [-0.1, -0.05) is 17.7 Å². The molecule has 2 unspecified atom stereocenters. The van der Waals surface area contributed by atoms with E-state index in [0.717, 1.165) is 13.0 Å². The van der Waals surface area contributed by atoms with Crippen LogP contribution >= 0.6 is 0 Å². The van der Waals surface area contributed by atoms with E-state index in [-0.39, 0.29) is 0 Å². The molecule has 2 rings (SSSR count). The van der Waals surface area contributed by atoms with Crippen LogP contribution in [0.15, 0.2) is 18.2 Å². The van der Waals surface area contributed by atoms with Gasteiger partial charge in [-0.3, -0.25) is 0 Å². The van der Waals surface area contributed by atoms with Gasteiger partial charge in [0, 0.05) is 12.3 Å². The molecule has 0 aromatic heterocycles. The first-order chi connectivity index (χ1) is 7.16.